The highest BCUT2D eigenvalue weighted by molar-refractivity contribution is 9.10. The van der Waals surface area contributed by atoms with Gasteiger partial charge in [0.25, 0.3) is 0 Å². The molecule has 90 valence electrons. The SMILES string of the molecule is CCN(C)c1nc(Cl)nc2c(C)ccc(Br)c12. The van der Waals surface area contributed by atoms with E-state index in [1.807, 2.05) is 26.1 Å². The fourth-order valence-electron chi connectivity index (χ4n) is 1.71. The van der Waals surface area contributed by atoms with Crippen LogP contribution < -0.4 is 4.90 Å². The van der Waals surface area contributed by atoms with Crippen LogP contribution in [0.15, 0.2) is 16.6 Å². The summed E-state index contributed by atoms with van der Waals surface area (Å²) in [5.41, 5.74) is 1.99. The molecule has 0 atom stereocenters. The summed E-state index contributed by atoms with van der Waals surface area (Å²) >= 11 is 9.54. The molecule has 17 heavy (non-hydrogen) atoms. The first-order valence-electron chi connectivity index (χ1n) is 5.38. The summed E-state index contributed by atoms with van der Waals surface area (Å²) in [6.45, 7) is 4.96. The number of nitrogens with zero attached hydrogens (tertiary/aromatic N) is 3. The lowest BCUT2D eigenvalue weighted by molar-refractivity contribution is 0.939. The summed E-state index contributed by atoms with van der Waals surface area (Å²) in [5, 5.41) is 1.30. The lowest BCUT2D eigenvalue weighted by Crippen LogP contribution is -2.18. The quantitative estimate of drug-likeness (QED) is 0.789. The minimum atomic E-state index is 0.286. The first-order valence-corrected chi connectivity index (χ1v) is 6.55. The van der Waals surface area contributed by atoms with Gasteiger partial charge >= 0.3 is 0 Å². The highest BCUT2D eigenvalue weighted by atomic mass is 79.9. The molecule has 0 aliphatic carbocycles. The maximum Gasteiger partial charge on any atom is 0.224 e. The minimum absolute atomic E-state index is 0.286. The van der Waals surface area contributed by atoms with E-state index in [1.54, 1.807) is 0 Å². The van der Waals surface area contributed by atoms with Crippen molar-refractivity contribution >= 4 is 44.3 Å². The van der Waals surface area contributed by atoms with Crippen molar-refractivity contribution in [2.75, 3.05) is 18.5 Å². The van der Waals surface area contributed by atoms with Crippen molar-refractivity contribution in [1.82, 2.24) is 9.97 Å². The van der Waals surface area contributed by atoms with E-state index in [2.05, 4.69) is 37.7 Å². The van der Waals surface area contributed by atoms with E-state index in [1.165, 1.54) is 0 Å². The van der Waals surface area contributed by atoms with E-state index < -0.39 is 0 Å². The van der Waals surface area contributed by atoms with Gasteiger partial charge in [-0.15, -0.1) is 0 Å². The van der Waals surface area contributed by atoms with Crippen LogP contribution in [-0.2, 0) is 0 Å². The molecule has 1 aromatic carbocycles. The van der Waals surface area contributed by atoms with Crippen LogP contribution in [0.3, 0.4) is 0 Å². The molecule has 5 heteroatoms. The second-order valence-corrected chi connectivity index (χ2v) is 5.11. The van der Waals surface area contributed by atoms with Gasteiger partial charge in [-0.2, -0.15) is 4.98 Å². The van der Waals surface area contributed by atoms with E-state index in [4.69, 9.17) is 11.6 Å². The number of hydrogen-bond acceptors (Lipinski definition) is 3. The first-order chi connectivity index (χ1) is 8.04. The number of hydrogen-bond donors (Lipinski definition) is 0. The maximum absolute atomic E-state index is 5.98. The molecule has 1 heterocycles. The van der Waals surface area contributed by atoms with Crippen molar-refractivity contribution < 1.29 is 0 Å². The Morgan fingerprint density at radius 2 is 2.06 bits per heavy atom. The lowest BCUT2D eigenvalue weighted by atomic mass is 10.1. The number of fused-ring (bicyclic) bond motifs is 1. The Kier molecular flexibility index (Phi) is 3.54. The zero-order valence-corrected chi connectivity index (χ0v) is 12.3. The first kappa shape index (κ1) is 12.6. The lowest BCUT2D eigenvalue weighted by Gasteiger charge is -2.19. The third kappa shape index (κ3) is 2.24. The number of benzene rings is 1. The zero-order chi connectivity index (χ0) is 12.6. The zero-order valence-electron chi connectivity index (χ0n) is 9.96. The number of rotatable bonds is 2. The Hall–Kier alpha value is -0.870. The van der Waals surface area contributed by atoms with Gasteiger partial charge in [-0.05, 0) is 53.0 Å². The van der Waals surface area contributed by atoms with Crippen LogP contribution in [0.1, 0.15) is 12.5 Å². The molecule has 0 bridgehead atoms. The van der Waals surface area contributed by atoms with Crippen LogP contribution in [0.5, 0.6) is 0 Å². The third-order valence-electron chi connectivity index (χ3n) is 2.79. The summed E-state index contributed by atoms with van der Waals surface area (Å²) in [4.78, 5) is 10.7. The van der Waals surface area contributed by atoms with Crippen LogP contribution in [0.25, 0.3) is 10.9 Å². The Bertz CT molecular complexity index is 571. The summed E-state index contributed by atoms with van der Waals surface area (Å²) in [5.74, 6) is 0.859. The average molecular weight is 315 g/mol. The second kappa shape index (κ2) is 4.78. The Morgan fingerprint density at radius 1 is 1.35 bits per heavy atom. The Labute approximate surface area is 114 Å². The molecular formula is C12H13BrClN3. The van der Waals surface area contributed by atoms with Gasteiger partial charge in [0.05, 0.1) is 10.9 Å². The van der Waals surface area contributed by atoms with Crippen molar-refractivity contribution in [3.8, 4) is 0 Å². The van der Waals surface area contributed by atoms with E-state index >= 15 is 0 Å². The largest absolute Gasteiger partial charge is 0.359 e. The maximum atomic E-state index is 5.98. The van der Waals surface area contributed by atoms with Gasteiger partial charge < -0.3 is 4.90 Å². The predicted octanol–water partition coefficient (Wildman–Crippen LogP) is 3.81. The normalized spacial score (nSPS) is 10.9. The number of aromatic nitrogens is 2. The van der Waals surface area contributed by atoms with Crippen molar-refractivity contribution in [1.29, 1.82) is 0 Å². The van der Waals surface area contributed by atoms with Crippen LogP contribution in [0.4, 0.5) is 5.82 Å². The van der Waals surface area contributed by atoms with Gasteiger partial charge in [0.2, 0.25) is 5.28 Å². The van der Waals surface area contributed by atoms with E-state index in [0.29, 0.717) is 0 Å². The second-order valence-electron chi connectivity index (χ2n) is 3.92. The van der Waals surface area contributed by atoms with E-state index in [9.17, 15) is 0 Å². The van der Waals surface area contributed by atoms with Crippen molar-refractivity contribution in [3.05, 3.63) is 27.5 Å². The Morgan fingerprint density at radius 3 is 2.71 bits per heavy atom. The standard InChI is InChI=1S/C12H13BrClN3/c1-4-17(3)11-9-8(13)6-5-7(2)10(9)15-12(14)16-11/h5-6H,4H2,1-3H3. The highest BCUT2D eigenvalue weighted by Crippen LogP contribution is 2.32. The molecule has 0 amide bonds. The molecule has 0 aliphatic heterocycles. The molecule has 0 aliphatic rings. The van der Waals surface area contributed by atoms with Crippen LogP contribution in [-0.4, -0.2) is 23.6 Å². The van der Waals surface area contributed by atoms with Crippen LogP contribution in [0, 0.1) is 6.92 Å². The summed E-state index contributed by atoms with van der Waals surface area (Å²) in [6, 6.07) is 4.04. The van der Waals surface area contributed by atoms with Gasteiger partial charge in [0.1, 0.15) is 5.82 Å². The smallest absolute Gasteiger partial charge is 0.224 e. The van der Waals surface area contributed by atoms with Crippen molar-refractivity contribution in [3.63, 3.8) is 0 Å². The molecule has 0 N–H and O–H groups in total. The monoisotopic (exact) mass is 313 g/mol. The molecule has 3 nitrogen and oxygen atoms in total. The molecule has 1 aromatic heterocycles. The fourth-order valence-corrected chi connectivity index (χ4v) is 2.38. The summed E-state index contributed by atoms with van der Waals surface area (Å²) in [6.07, 6.45) is 0. The molecule has 0 saturated carbocycles. The number of aryl methyl sites for hydroxylation is 1. The van der Waals surface area contributed by atoms with Crippen molar-refractivity contribution in [2.45, 2.75) is 13.8 Å². The molecule has 0 spiro atoms. The van der Waals surface area contributed by atoms with Gasteiger partial charge in [-0.1, -0.05) is 6.07 Å². The molecule has 2 aromatic rings. The average Bonchev–Trinajstić information content (AvgIpc) is 2.32. The molecule has 2 rings (SSSR count). The van der Waals surface area contributed by atoms with E-state index in [0.717, 1.165) is 33.3 Å². The van der Waals surface area contributed by atoms with Crippen molar-refractivity contribution in [2.24, 2.45) is 0 Å². The predicted molar refractivity (Wildman–Crippen MR) is 75.9 cm³/mol. The van der Waals surface area contributed by atoms with Gasteiger partial charge in [-0.3, -0.25) is 0 Å². The van der Waals surface area contributed by atoms with Crippen LogP contribution >= 0.6 is 27.5 Å². The van der Waals surface area contributed by atoms with Gasteiger partial charge in [-0.25, -0.2) is 4.98 Å². The number of halogens is 2. The van der Waals surface area contributed by atoms with E-state index in [-0.39, 0.29) is 5.28 Å². The molecular weight excluding hydrogens is 302 g/mol. The highest BCUT2D eigenvalue weighted by Gasteiger charge is 2.14. The summed E-state index contributed by atoms with van der Waals surface area (Å²) in [7, 11) is 1.99. The fraction of sp³-hybridized carbons (Fsp3) is 0.333. The number of anilines is 1. The Balaban J connectivity index is 2.87. The van der Waals surface area contributed by atoms with Gasteiger partial charge in [0.15, 0.2) is 0 Å². The van der Waals surface area contributed by atoms with Gasteiger partial charge in [0, 0.05) is 18.1 Å². The molecule has 0 radical (unpaired) electrons. The third-order valence-corrected chi connectivity index (χ3v) is 3.62. The van der Waals surface area contributed by atoms with Crippen LogP contribution in [0.2, 0.25) is 5.28 Å². The molecule has 0 saturated heterocycles. The summed E-state index contributed by atoms with van der Waals surface area (Å²) < 4.78 is 0.991. The molecule has 0 unspecified atom stereocenters. The minimum Gasteiger partial charge on any atom is -0.359 e. The topological polar surface area (TPSA) is 29.0 Å². The molecule has 0 fully saturated rings.